The lowest BCUT2D eigenvalue weighted by Gasteiger charge is -2.38. The van der Waals surface area contributed by atoms with Crippen LogP contribution in [0.1, 0.15) is 25.8 Å². The van der Waals surface area contributed by atoms with Gasteiger partial charge in [0.25, 0.3) is 0 Å². The molecule has 0 radical (unpaired) electrons. The Hall–Kier alpha value is -2.21. The number of hydrogen-bond acceptors (Lipinski definition) is 4. The molecular weight excluding hydrogens is 288 g/mol. The lowest BCUT2D eigenvalue weighted by Crippen LogP contribution is -2.36. The number of fused-ring (bicyclic) bond motifs is 1. The van der Waals surface area contributed by atoms with Gasteiger partial charge >= 0.3 is 0 Å². The standard InChI is InChI=1S/C17H22N6/c1-11-5-12(6-11)15(8-18-2)23-9-13(7-22-23)16-14-3-4-19-17(14)21-10-20-16/h3-4,7,9-12,15,18H,5-6,8H2,1-2H3,(H,19,20,21). The first-order valence-corrected chi connectivity index (χ1v) is 8.23. The van der Waals surface area contributed by atoms with E-state index < -0.39 is 0 Å². The van der Waals surface area contributed by atoms with Gasteiger partial charge in [-0.25, -0.2) is 9.97 Å². The molecule has 0 saturated heterocycles. The summed E-state index contributed by atoms with van der Waals surface area (Å²) in [6, 6.07) is 2.43. The third kappa shape index (κ3) is 2.53. The van der Waals surface area contributed by atoms with Gasteiger partial charge in [0.1, 0.15) is 12.0 Å². The lowest BCUT2D eigenvalue weighted by atomic mass is 9.72. The summed E-state index contributed by atoms with van der Waals surface area (Å²) in [7, 11) is 2.01. The highest BCUT2D eigenvalue weighted by atomic mass is 15.3. The molecule has 1 aliphatic rings. The molecule has 6 heteroatoms. The van der Waals surface area contributed by atoms with E-state index in [0.717, 1.165) is 34.8 Å². The zero-order valence-corrected chi connectivity index (χ0v) is 13.5. The number of H-pyrrole nitrogens is 1. The molecule has 4 rings (SSSR count). The number of aromatic nitrogens is 5. The smallest absolute Gasteiger partial charge is 0.141 e. The van der Waals surface area contributed by atoms with Crippen LogP contribution < -0.4 is 5.32 Å². The third-order valence-corrected chi connectivity index (χ3v) is 4.94. The van der Waals surface area contributed by atoms with E-state index >= 15 is 0 Å². The second-order valence-corrected chi connectivity index (χ2v) is 6.63. The van der Waals surface area contributed by atoms with Crippen LogP contribution in [0.3, 0.4) is 0 Å². The third-order valence-electron chi connectivity index (χ3n) is 4.94. The molecule has 3 heterocycles. The summed E-state index contributed by atoms with van der Waals surface area (Å²) in [5.41, 5.74) is 2.85. The number of nitrogens with one attached hydrogen (secondary N) is 2. The van der Waals surface area contributed by atoms with Crippen LogP contribution in [0, 0.1) is 11.8 Å². The van der Waals surface area contributed by atoms with Crippen LogP contribution in [-0.4, -0.2) is 38.3 Å². The Morgan fingerprint density at radius 3 is 3.04 bits per heavy atom. The van der Waals surface area contributed by atoms with Crippen molar-refractivity contribution in [2.24, 2.45) is 11.8 Å². The molecule has 1 saturated carbocycles. The minimum atomic E-state index is 0.411. The van der Waals surface area contributed by atoms with Gasteiger partial charge in [0.05, 0.1) is 17.9 Å². The topological polar surface area (TPSA) is 71.4 Å². The van der Waals surface area contributed by atoms with Crippen molar-refractivity contribution >= 4 is 11.0 Å². The predicted octanol–water partition coefficient (Wildman–Crippen LogP) is 2.63. The summed E-state index contributed by atoms with van der Waals surface area (Å²) in [5, 5.41) is 8.99. The second kappa shape index (κ2) is 5.77. The van der Waals surface area contributed by atoms with E-state index in [1.54, 1.807) is 6.33 Å². The SMILES string of the molecule is CNCC(C1CC(C)C1)n1cc(-c2ncnc3[nH]ccc23)cn1. The van der Waals surface area contributed by atoms with Crippen LogP contribution in [0.4, 0.5) is 0 Å². The molecule has 3 aromatic rings. The van der Waals surface area contributed by atoms with Gasteiger partial charge in [-0.15, -0.1) is 0 Å². The molecule has 0 bridgehead atoms. The Labute approximate surface area is 135 Å². The van der Waals surface area contributed by atoms with Gasteiger partial charge in [-0.05, 0) is 37.8 Å². The largest absolute Gasteiger partial charge is 0.346 e. The number of rotatable bonds is 5. The van der Waals surface area contributed by atoms with Gasteiger partial charge in [-0.1, -0.05) is 6.92 Å². The molecule has 120 valence electrons. The fourth-order valence-corrected chi connectivity index (χ4v) is 3.71. The van der Waals surface area contributed by atoms with Gasteiger partial charge in [0, 0.05) is 29.9 Å². The molecule has 1 unspecified atom stereocenters. The highest BCUT2D eigenvalue weighted by Gasteiger charge is 2.33. The van der Waals surface area contributed by atoms with Crippen molar-refractivity contribution in [2.45, 2.75) is 25.8 Å². The Morgan fingerprint density at radius 2 is 2.26 bits per heavy atom. The Bertz CT molecular complexity index is 798. The van der Waals surface area contributed by atoms with E-state index in [1.807, 2.05) is 25.5 Å². The van der Waals surface area contributed by atoms with E-state index in [1.165, 1.54) is 12.8 Å². The van der Waals surface area contributed by atoms with Crippen LogP contribution in [0.25, 0.3) is 22.3 Å². The van der Waals surface area contributed by atoms with Crippen LogP contribution in [0.15, 0.2) is 31.0 Å². The molecule has 1 fully saturated rings. The zero-order chi connectivity index (χ0) is 15.8. The molecule has 1 aliphatic carbocycles. The maximum absolute atomic E-state index is 4.64. The van der Waals surface area contributed by atoms with Crippen molar-refractivity contribution in [3.05, 3.63) is 31.0 Å². The molecular formula is C17H22N6. The van der Waals surface area contributed by atoms with Crippen LogP contribution in [0.5, 0.6) is 0 Å². The number of hydrogen-bond donors (Lipinski definition) is 2. The van der Waals surface area contributed by atoms with Gasteiger partial charge in [-0.2, -0.15) is 5.10 Å². The molecule has 0 aliphatic heterocycles. The summed E-state index contributed by atoms with van der Waals surface area (Å²) < 4.78 is 2.11. The quantitative estimate of drug-likeness (QED) is 0.760. The van der Waals surface area contributed by atoms with Crippen LogP contribution in [-0.2, 0) is 0 Å². The molecule has 23 heavy (non-hydrogen) atoms. The maximum Gasteiger partial charge on any atom is 0.141 e. The molecule has 6 nitrogen and oxygen atoms in total. The predicted molar refractivity (Wildman–Crippen MR) is 90.0 cm³/mol. The highest BCUT2D eigenvalue weighted by Crippen LogP contribution is 2.40. The number of nitrogens with zero attached hydrogens (tertiary/aromatic N) is 4. The van der Waals surface area contributed by atoms with Gasteiger partial charge < -0.3 is 10.3 Å². The van der Waals surface area contributed by atoms with Gasteiger partial charge in [0.15, 0.2) is 0 Å². The summed E-state index contributed by atoms with van der Waals surface area (Å²) in [6.07, 6.45) is 10.1. The normalized spacial score (nSPS) is 22.2. The van der Waals surface area contributed by atoms with Crippen LogP contribution >= 0.6 is 0 Å². The first-order valence-electron chi connectivity index (χ1n) is 8.23. The lowest BCUT2D eigenvalue weighted by molar-refractivity contribution is 0.132. The van der Waals surface area contributed by atoms with E-state index in [-0.39, 0.29) is 0 Å². The summed E-state index contributed by atoms with van der Waals surface area (Å²) in [5.74, 6) is 1.55. The zero-order valence-electron chi connectivity index (χ0n) is 13.5. The first-order chi connectivity index (χ1) is 11.3. The fraction of sp³-hybridized carbons (Fsp3) is 0.471. The van der Waals surface area contributed by atoms with E-state index in [9.17, 15) is 0 Å². The molecule has 0 spiro atoms. The van der Waals surface area contributed by atoms with Crippen LogP contribution in [0.2, 0.25) is 0 Å². The summed E-state index contributed by atoms with van der Waals surface area (Å²) in [6.45, 7) is 3.27. The van der Waals surface area contributed by atoms with Crippen molar-refractivity contribution in [3.8, 4) is 11.3 Å². The molecule has 0 amide bonds. The Kier molecular flexibility index (Phi) is 3.61. The van der Waals surface area contributed by atoms with Crippen molar-refractivity contribution in [1.29, 1.82) is 0 Å². The monoisotopic (exact) mass is 310 g/mol. The summed E-state index contributed by atoms with van der Waals surface area (Å²) in [4.78, 5) is 11.8. The van der Waals surface area contributed by atoms with E-state index in [0.29, 0.717) is 12.0 Å². The van der Waals surface area contributed by atoms with Crippen molar-refractivity contribution in [3.63, 3.8) is 0 Å². The van der Waals surface area contributed by atoms with Gasteiger partial charge in [-0.3, -0.25) is 4.68 Å². The number of likely N-dealkylation sites (N-methyl/N-ethyl adjacent to an activating group) is 1. The average molecular weight is 310 g/mol. The molecule has 1 atom stereocenters. The molecule has 2 N–H and O–H groups in total. The number of aromatic amines is 1. The second-order valence-electron chi connectivity index (χ2n) is 6.63. The molecule has 3 aromatic heterocycles. The molecule has 0 aromatic carbocycles. The van der Waals surface area contributed by atoms with Gasteiger partial charge in [0.2, 0.25) is 0 Å². The maximum atomic E-state index is 4.64. The van der Waals surface area contributed by atoms with Crippen molar-refractivity contribution < 1.29 is 0 Å². The minimum absolute atomic E-state index is 0.411. The van der Waals surface area contributed by atoms with Crippen molar-refractivity contribution in [1.82, 2.24) is 30.0 Å². The summed E-state index contributed by atoms with van der Waals surface area (Å²) >= 11 is 0. The van der Waals surface area contributed by atoms with E-state index in [2.05, 4.69) is 43.2 Å². The Morgan fingerprint density at radius 1 is 1.39 bits per heavy atom. The highest BCUT2D eigenvalue weighted by molar-refractivity contribution is 5.89. The average Bonchev–Trinajstić information content (AvgIpc) is 3.18. The Balaban J connectivity index is 1.66. The minimum Gasteiger partial charge on any atom is -0.346 e. The van der Waals surface area contributed by atoms with Crippen molar-refractivity contribution in [2.75, 3.05) is 13.6 Å². The fourth-order valence-electron chi connectivity index (χ4n) is 3.71. The first kappa shape index (κ1) is 14.4. The van der Waals surface area contributed by atoms with E-state index in [4.69, 9.17) is 0 Å².